The number of nitrogen functional groups attached to an aromatic ring is 1. The molecule has 66 valence electrons. The van der Waals surface area contributed by atoms with E-state index in [1.807, 2.05) is 13.8 Å². The van der Waals surface area contributed by atoms with Gasteiger partial charge in [-0.1, -0.05) is 13.8 Å². The molecule has 1 heterocycles. The fourth-order valence-electron chi connectivity index (χ4n) is 0.916. The predicted octanol–water partition coefficient (Wildman–Crippen LogP) is 0.715. The number of rotatable bonds is 2. The fraction of sp³-hybridized carbons (Fsp3) is 0.500. The van der Waals surface area contributed by atoms with E-state index in [9.17, 15) is 0 Å². The van der Waals surface area contributed by atoms with Gasteiger partial charge in [-0.25, -0.2) is 9.97 Å². The molecule has 4 heteroatoms. The van der Waals surface area contributed by atoms with Crippen LogP contribution in [0.3, 0.4) is 0 Å². The second kappa shape index (κ2) is 3.49. The molecule has 0 unspecified atom stereocenters. The first kappa shape index (κ1) is 8.93. The molecular weight excluding hydrogens is 152 g/mol. The number of hydrogen-bond donors (Lipinski definition) is 2. The number of nitrogens with zero attached hydrogens (tertiary/aromatic N) is 2. The van der Waals surface area contributed by atoms with Crippen LogP contribution in [0.1, 0.15) is 25.6 Å². The van der Waals surface area contributed by atoms with Gasteiger partial charge in [-0.15, -0.1) is 0 Å². The molecule has 0 aromatic carbocycles. The van der Waals surface area contributed by atoms with Crippen LogP contribution < -0.4 is 11.5 Å². The molecule has 1 aromatic heterocycles. The molecular formula is C8H14N4. The smallest absolute Gasteiger partial charge is 0.220 e. The van der Waals surface area contributed by atoms with E-state index in [-0.39, 0.29) is 12.0 Å². The van der Waals surface area contributed by atoms with Gasteiger partial charge in [0.1, 0.15) is 0 Å². The van der Waals surface area contributed by atoms with Gasteiger partial charge in [0.25, 0.3) is 0 Å². The monoisotopic (exact) mass is 166 g/mol. The maximum Gasteiger partial charge on any atom is 0.220 e. The van der Waals surface area contributed by atoms with Gasteiger partial charge in [0.15, 0.2) is 0 Å². The van der Waals surface area contributed by atoms with Crippen molar-refractivity contribution < 1.29 is 0 Å². The Morgan fingerprint density at radius 2 is 2.08 bits per heavy atom. The molecule has 0 radical (unpaired) electrons. The largest absolute Gasteiger partial charge is 0.368 e. The molecule has 0 aliphatic heterocycles. The van der Waals surface area contributed by atoms with E-state index in [1.54, 1.807) is 12.3 Å². The van der Waals surface area contributed by atoms with Crippen molar-refractivity contribution in [2.75, 3.05) is 5.73 Å². The zero-order chi connectivity index (χ0) is 9.14. The second-order valence-electron chi connectivity index (χ2n) is 3.11. The number of anilines is 1. The average Bonchev–Trinajstić information content (AvgIpc) is 2.03. The summed E-state index contributed by atoms with van der Waals surface area (Å²) in [6.45, 7) is 4.09. The Balaban J connectivity index is 2.88. The molecule has 0 bridgehead atoms. The summed E-state index contributed by atoms with van der Waals surface area (Å²) in [6.07, 6.45) is 1.62. The molecule has 0 fully saturated rings. The second-order valence-corrected chi connectivity index (χ2v) is 3.11. The quantitative estimate of drug-likeness (QED) is 0.678. The zero-order valence-corrected chi connectivity index (χ0v) is 7.36. The Hall–Kier alpha value is -1.16. The van der Waals surface area contributed by atoms with E-state index in [2.05, 4.69) is 9.97 Å². The van der Waals surface area contributed by atoms with Gasteiger partial charge in [-0.3, -0.25) is 0 Å². The lowest BCUT2D eigenvalue weighted by atomic mass is 10.0. The topological polar surface area (TPSA) is 77.8 Å². The summed E-state index contributed by atoms with van der Waals surface area (Å²) < 4.78 is 0. The highest BCUT2D eigenvalue weighted by Gasteiger charge is 2.11. The summed E-state index contributed by atoms with van der Waals surface area (Å²) in [5.41, 5.74) is 12.1. The molecule has 0 aliphatic carbocycles. The van der Waals surface area contributed by atoms with Crippen LogP contribution in [0.2, 0.25) is 0 Å². The van der Waals surface area contributed by atoms with E-state index in [0.717, 1.165) is 5.69 Å². The molecule has 0 saturated carbocycles. The van der Waals surface area contributed by atoms with Crippen molar-refractivity contribution >= 4 is 5.95 Å². The Labute approximate surface area is 72.0 Å². The van der Waals surface area contributed by atoms with Gasteiger partial charge in [0.05, 0.1) is 5.69 Å². The molecule has 1 aromatic rings. The summed E-state index contributed by atoms with van der Waals surface area (Å²) in [7, 11) is 0. The minimum absolute atomic E-state index is 0.0599. The van der Waals surface area contributed by atoms with E-state index >= 15 is 0 Å². The van der Waals surface area contributed by atoms with Crippen LogP contribution in [0.15, 0.2) is 12.3 Å². The van der Waals surface area contributed by atoms with Crippen molar-refractivity contribution in [1.29, 1.82) is 0 Å². The third-order valence-electron chi connectivity index (χ3n) is 1.76. The molecule has 12 heavy (non-hydrogen) atoms. The van der Waals surface area contributed by atoms with Crippen molar-refractivity contribution in [1.82, 2.24) is 9.97 Å². The molecule has 0 saturated heterocycles. The standard InChI is InChI=1S/C8H14N4/c1-5(2)7(9)6-3-4-11-8(10)12-6/h3-5,7H,9H2,1-2H3,(H2,10,11,12)/t7-/m0/s1. The summed E-state index contributed by atoms with van der Waals surface area (Å²) in [6, 6.07) is 1.73. The molecule has 0 spiro atoms. The van der Waals surface area contributed by atoms with Crippen molar-refractivity contribution in [3.8, 4) is 0 Å². The Morgan fingerprint density at radius 3 is 2.58 bits per heavy atom. The zero-order valence-electron chi connectivity index (χ0n) is 7.36. The number of hydrogen-bond acceptors (Lipinski definition) is 4. The molecule has 1 rings (SSSR count). The summed E-state index contributed by atoms with van der Waals surface area (Å²) in [4.78, 5) is 7.83. The van der Waals surface area contributed by atoms with Crippen LogP contribution in [0, 0.1) is 5.92 Å². The minimum Gasteiger partial charge on any atom is -0.368 e. The maximum atomic E-state index is 5.86. The highest BCUT2D eigenvalue weighted by molar-refractivity contribution is 5.19. The average molecular weight is 166 g/mol. The van der Waals surface area contributed by atoms with Gasteiger partial charge in [-0.05, 0) is 12.0 Å². The maximum absolute atomic E-state index is 5.86. The van der Waals surface area contributed by atoms with Gasteiger partial charge >= 0.3 is 0 Å². The lowest BCUT2D eigenvalue weighted by molar-refractivity contribution is 0.503. The van der Waals surface area contributed by atoms with Crippen LogP contribution in [0.5, 0.6) is 0 Å². The number of aromatic nitrogens is 2. The highest BCUT2D eigenvalue weighted by atomic mass is 15.0. The molecule has 0 aliphatic rings. The first-order valence-corrected chi connectivity index (χ1v) is 3.95. The van der Waals surface area contributed by atoms with Crippen LogP contribution >= 0.6 is 0 Å². The van der Waals surface area contributed by atoms with Gasteiger partial charge in [0, 0.05) is 12.2 Å². The van der Waals surface area contributed by atoms with Crippen molar-refractivity contribution in [2.45, 2.75) is 19.9 Å². The number of nitrogens with two attached hydrogens (primary N) is 2. The first-order valence-electron chi connectivity index (χ1n) is 3.95. The van der Waals surface area contributed by atoms with Crippen LogP contribution in [-0.2, 0) is 0 Å². The summed E-state index contributed by atoms with van der Waals surface area (Å²) >= 11 is 0. The first-order chi connectivity index (χ1) is 5.61. The van der Waals surface area contributed by atoms with Gasteiger partial charge in [0.2, 0.25) is 5.95 Å². The van der Waals surface area contributed by atoms with E-state index < -0.39 is 0 Å². The molecule has 4 nitrogen and oxygen atoms in total. The third-order valence-corrected chi connectivity index (χ3v) is 1.76. The van der Waals surface area contributed by atoms with Crippen LogP contribution in [0.4, 0.5) is 5.95 Å². The SMILES string of the molecule is CC(C)[C@H](N)c1ccnc(N)n1. The lowest BCUT2D eigenvalue weighted by Crippen LogP contribution is -2.18. The fourth-order valence-corrected chi connectivity index (χ4v) is 0.916. The van der Waals surface area contributed by atoms with Crippen molar-refractivity contribution in [2.24, 2.45) is 11.7 Å². The Kier molecular flexibility index (Phi) is 2.60. The van der Waals surface area contributed by atoms with Gasteiger partial charge < -0.3 is 11.5 Å². The van der Waals surface area contributed by atoms with Gasteiger partial charge in [-0.2, -0.15) is 0 Å². The minimum atomic E-state index is -0.0599. The third kappa shape index (κ3) is 1.92. The Bertz CT molecular complexity index is 259. The highest BCUT2D eigenvalue weighted by Crippen LogP contribution is 2.15. The molecule has 1 atom stereocenters. The Morgan fingerprint density at radius 1 is 1.42 bits per heavy atom. The van der Waals surface area contributed by atoms with E-state index in [0.29, 0.717) is 5.92 Å². The molecule has 0 amide bonds. The van der Waals surface area contributed by atoms with Crippen molar-refractivity contribution in [3.63, 3.8) is 0 Å². The summed E-state index contributed by atoms with van der Waals surface area (Å²) in [5, 5.41) is 0. The van der Waals surface area contributed by atoms with Crippen LogP contribution in [-0.4, -0.2) is 9.97 Å². The van der Waals surface area contributed by atoms with Crippen molar-refractivity contribution in [3.05, 3.63) is 18.0 Å². The normalized spacial score (nSPS) is 13.3. The predicted molar refractivity (Wildman–Crippen MR) is 48.2 cm³/mol. The summed E-state index contributed by atoms with van der Waals surface area (Å²) in [5.74, 6) is 0.642. The lowest BCUT2D eigenvalue weighted by Gasteiger charge is -2.14. The van der Waals surface area contributed by atoms with E-state index in [4.69, 9.17) is 11.5 Å². The molecule has 4 N–H and O–H groups in total. The van der Waals surface area contributed by atoms with E-state index in [1.165, 1.54) is 0 Å². The van der Waals surface area contributed by atoms with Crippen LogP contribution in [0.25, 0.3) is 0 Å².